The standard InChI is InChI=1S/C12H16N2O3S/c1-14-9-10(7-8-12(14)15)13-18(16,17)11-5-3-2-4-6-11/h2-6,10,13H,7-9H2,1H3. The van der Waals surface area contributed by atoms with Gasteiger partial charge in [-0.2, -0.15) is 0 Å². The van der Waals surface area contributed by atoms with Crippen molar-refractivity contribution in [3.8, 4) is 0 Å². The topological polar surface area (TPSA) is 66.5 Å². The number of nitrogens with one attached hydrogen (secondary N) is 1. The minimum atomic E-state index is -3.49. The van der Waals surface area contributed by atoms with Crippen LogP contribution >= 0.6 is 0 Å². The Morgan fingerprint density at radius 2 is 1.94 bits per heavy atom. The van der Waals surface area contributed by atoms with Crippen molar-refractivity contribution in [3.05, 3.63) is 30.3 Å². The van der Waals surface area contributed by atoms with Crippen LogP contribution in [-0.4, -0.2) is 38.9 Å². The Morgan fingerprint density at radius 3 is 2.56 bits per heavy atom. The molecule has 2 rings (SSSR count). The zero-order valence-corrected chi connectivity index (χ0v) is 11.0. The molecular weight excluding hydrogens is 252 g/mol. The molecule has 18 heavy (non-hydrogen) atoms. The van der Waals surface area contributed by atoms with Crippen LogP contribution in [0.2, 0.25) is 0 Å². The number of hydrogen-bond donors (Lipinski definition) is 1. The lowest BCUT2D eigenvalue weighted by Gasteiger charge is -2.29. The summed E-state index contributed by atoms with van der Waals surface area (Å²) < 4.78 is 26.8. The molecule has 1 unspecified atom stereocenters. The number of hydrogen-bond acceptors (Lipinski definition) is 3. The maximum absolute atomic E-state index is 12.1. The fourth-order valence-electron chi connectivity index (χ4n) is 2.00. The molecule has 1 aromatic rings. The number of nitrogens with zero attached hydrogens (tertiary/aromatic N) is 1. The monoisotopic (exact) mass is 268 g/mol. The SMILES string of the molecule is CN1CC(NS(=O)(=O)c2ccccc2)CCC1=O. The molecule has 1 aromatic carbocycles. The molecule has 1 atom stereocenters. The summed E-state index contributed by atoms with van der Waals surface area (Å²) in [7, 11) is -1.80. The van der Waals surface area contributed by atoms with E-state index in [-0.39, 0.29) is 16.8 Å². The Kier molecular flexibility index (Phi) is 3.68. The second-order valence-corrected chi connectivity index (χ2v) is 6.16. The van der Waals surface area contributed by atoms with E-state index in [1.165, 1.54) is 0 Å². The van der Waals surface area contributed by atoms with Gasteiger partial charge in [0.15, 0.2) is 0 Å². The molecule has 0 aromatic heterocycles. The number of carbonyl (C=O) groups is 1. The first-order valence-corrected chi connectivity index (χ1v) is 7.29. The highest BCUT2D eigenvalue weighted by Crippen LogP contribution is 2.14. The van der Waals surface area contributed by atoms with E-state index in [0.717, 1.165) is 0 Å². The van der Waals surface area contributed by atoms with Crippen LogP contribution in [0.15, 0.2) is 35.2 Å². The predicted octanol–water partition coefficient (Wildman–Crippen LogP) is 0.586. The van der Waals surface area contributed by atoms with E-state index < -0.39 is 10.0 Å². The van der Waals surface area contributed by atoms with Crippen LogP contribution in [0, 0.1) is 0 Å². The van der Waals surface area contributed by atoms with Crippen LogP contribution in [0.25, 0.3) is 0 Å². The smallest absolute Gasteiger partial charge is 0.240 e. The van der Waals surface area contributed by atoms with Crippen molar-refractivity contribution in [2.75, 3.05) is 13.6 Å². The number of benzene rings is 1. The van der Waals surface area contributed by atoms with Crippen LogP contribution in [0.3, 0.4) is 0 Å². The molecule has 5 nitrogen and oxygen atoms in total. The second kappa shape index (κ2) is 5.07. The lowest BCUT2D eigenvalue weighted by Crippen LogP contribution is -2.48. The van der Waals surface area contributed by atoms with Crippen LogP contribution in [0.4, 0.5) is 0 Å². The van der Waals surface area contributed by atoms with Gasteiger partial charge < -0.3 is 4.90 Å². The number of likely N-dealkylation sites (tertiary alicyclic amines) is 1. The minimum Gasteiger partial charge on any atom is -0.344 e. The van der Waals surface area contributed by atoms with E-state index in [4.69, 9.17) is 0 Å². The van der Waals surface area contributed by atoms with Crippen LogP contribution < -0.4 is 4.72 Å². The number of likely N-dealkylation sites (N-methyl/N-ethyl adjacent to an activating group) is 1. The Bertz CT molecular complexity index is 528. The highest BCUT2D eigenvalue weighted by Gasteiger charge is 2.26. The zero-order valence-electron chi connectivity index (χ0n) is 10.2. The summed E-state index contributed by atoms with van der Waals surface area (Å²) in [6, 6.07) is 8.04. The van der Waals surface area contributed by atoms with Crippen molar-refractivity contribution in [1.82, 2.24) is 9.62 Å². The summed E-state index contributed by atoms with van der Waals surface area (Å²) in [5.74, 6) is 0.0603. The molecule has 1 aliphatic heterocycles. The molecule has 1 saturated heterocycles. The molecule has 0 spiro atoms. The van der Waals surface area contributed by atoms with Crippen LogP contribution in [-0.2, 0) is 14.8 Å². The second-order valence-electron chi connectivity index (χ2n) is 4.44. The fraction of sp³-hybridized carbons (Fsp3) is 0.417. The van der Waals surface area contributed by atoms with Crippen LogP contribution in [0.5, 0.6) is 0 Å². The summed E-state index contributed by atoms with van der Waals surface area (Å²) >= 11 is 0. The molecule has 1 N–H and O–H groups in total. The zero-order chi connectivity index (χ0) is 13.2. The first-order valence-electron chi connectivity index (χ1n) is 5.80. The van der Waals surface area contributed by atoms with Crippen molar-refractivity contribution in [2.24, 2.45) is 0 Å². The highest BCUT2D eigenvalue weighted by molar-refractivity contribution is 7.89. The predicted molar refractivity (Wildman–Crippen MR) is 67.4 cm³/mol. The van der Waals surface area contributed by atoms with E-state index in [0.29, 0.717) is 19.4 Å². The van der Waals surface area contributed by atoms with Gasteiger partial charge in [-0.05, 0) is 18.6 Å². The Morgan fingerprint density at radius 1 is 1.28 bits per heavy atom. The maximum Gasteiger partial charge on any atom is 0.240 e. The summed E-state index contributed by atoms with van der Waals surface area (Å²) in [6.07, 6.45) is 0.938. The molecule has 0 radical (unpaired) electrons. The van der Waals surface area contributed by atoms with E-state index in [1.807, 2.05) is 0 Å². The molecule has 6 heteroatoms. The third-order valence-corrected chi connectivity index (χ3v) is 4.54. The average Bonchev–Trinajstić information content (AvgIpc) is 2.35. The summed E-state index contributed by atoms with van der Waals surface area (Å²) in [4.78, 5) is 13.1. The third kappa shape index (κ3) is 2.88. The molecule has 1 aliphatic rings. The molecule has 1 heterocycles. The average molecular weight is 268 g/mol. The van der Waals surface area contributed by atoms with Gasteiger partial charge in [0.25, 0.3) is 0 Å². The highest BCUT2D eigenvalue weighted by atomic mass is 32.2. The maximum atomic E-state index is 12.1. The number of sulfonamides is 1. The van der Waals surface area contributed by atoms with Gasteiger partial charge in [-0.25, -0.2) is 13.1 Å². The molecule has 0 bridgehead atoms. The van der Waals surface area contributed by atoms with Gasteiger partial charge in [0.05, 0.1) is 4.90 Å². The quantitative estimate of drug-likeness (QED) is 0.872. The van der Waals surface area contributed by atoms with E-state index >= 15 is 0 Å². The first-order chi connectivity index (χ1) is 8.49. The Labute approximate surface area is 107 Å². The van der Waals surface area contributed by atoms with Gasteiger partial charge in [-0.15, -0.1) is 0 Å². The number of amides is 1. The van der Waals surface area contributed by atoms with E-state index in [2.05, 4.69) is 4.72 Å². The van der Waals surface area contributed by atoms with Gasteiger partial charge in [-0.3, -0.25) is 4.79 Å². The van der Waals surface area contributed by atoms with Crippen molar-refractivity contribution >= 4 is 15.9 Å². The first kappa shape index (κ1) is 13.0. The summed E-state index contributed by atoms with van der Waals surface area (Å²) in [5.41, 5.74) is 0. The number of piperidine rings is 1. The molecular formula is C12H16N2O3S. The Balaban J connectivity index is 2.08. The number of carbonyl (C=O) groups excluding carboxylic acids is 1. The van der Waals surface area contributed by atoms with Crippen molar-refractivity contribution < 1.29 is 13.2 Å². The van der Waals surface area contributed by atoms with Gasteiger partial charge in [0.1, 0.15) is 0 Å². The lowest BCUT2D eigenvalue weighted by molar-refractivity contribution is -0.132. The summed E-state index contributed by atoms with van der Waals surface area (Å²) in [6.45, 7) is 0.422. The normalized spacial score (nSPS) is 21.1. The lowest BCUT2D eigenvalue weighted by atomic mass is 10.1. The summed E-state index contributed by atoms with van der Waals surface area (Å²) in [5, 5.41) is 0. The van der Waals surface area contributed by atoms with Gasteiger partial charge in [0.2, 0.25) is 15.9 Å². The van der Waals surface area contributed by atoms with Gasteiger partial charge in [-0.1, -0.05) is 18.2 Å². The molecule has 98 valence electrons. The Hall–Kier alpha value is -1.40. The van der Waals surface area contributed by atoms with Gasteiger partial charge >= 0.3 is 0 Å². The molecule has 0 saturated carbocycles. The minimum absolute atomic E-state index is 0.0603. The van der Waals surface area contributed by atoms with Gasteiger partial charge in [0, 0.05) is 26.1 Å². The number of rotatable bonds is 3. The van der Waals surface area contributed by atoms with E-state index in [1.54, 1.807) is 42.3 Å². The molecule has 0 aliphatic carbocycles. The molecule has 1 fully saturated rings. The fourth-order valence-corrected chi connectivity index (χ4v) is 3.28. The molecule has 1 amide bonds. The third-order valence-electron chi connectivity index (χ3n) is 3.00. The van der Waals surface area contributed by atoms with Crippen molar-refractivity contribution in [1.29, 1.82) is 0 Å². The van der Waals surface area contributed by atoms with Crippen molar-refractivity contribution in [3.63, 3.8) is 0 Å². The largest absolute Gasteiger partial charge is 0.344 e. The van der Waals surface area contributed by atoms with Crippen LogP contribution in [0.1, 0.15) is 12.8 Å². The van der Waals surface area contributed by atoms with Crippen molar-refractivity contribution in [2.45, 2.75) is 23.8 Å². The van der Waals surface area contributed by atoms with E-state index in [9.17, 15) is 13.2 Å².